The number of anilines is 1. The number of carbonyl (C=O) groups excluding carboxylic acids is 1. The SMILES string of the molecule is O=C(CC1CCCC1)Nc1ccc(Br)cc1C(=O)O. The maximum atomic E-state index is 11.9. The van der Waals surface area contributed by atoms with Gasteiger partial charge in [0.15, 0.2) is 0 Å². The van der Waals surface area contributed by atoms with E-state index in [1.807, 2.05) is 0 Å². The molecule has 2 N–H and O–H groups in total. The van der Waals surface area contributed by atoms with Crippen LogP contribution in [0, 0.1) is 5.92 Å². The summed E-state index contributed by atoms with van der Waals surface area (Å²) in [6.07, 6.45) is 5.06. The van der Waals surface area contributed by atoms with Crippen molar-refractivity contribution in [3.05, 3.63) is 28.2 Å². The summed E-state index contributed by atoms with van der Waals surface area (Å²) in [7, 11) is 0. The van der Waals surface area contributed by atoms with Crippen LogP contribution in [0.5, 0.6) is 0 Å². The number of rotatable bonds is 4. The molecule has 1 aliphatic carbocycles. The molecule has 1 saturated carbocycles. The van der Waals surface area contributed by atoms with E-state index in [2.05, 4.69) is 21.2 Å². The highest BCUT2D eigenvalue weighted by molar-refractivity contribution is 9.10. The van der Waals surface area contributed by atoms with Gasteiger partial charge in [0, 0.05) is 10.9 Å². The second-order valence-electron chi connectivity index (χ2n) is 4.90. The Morgan fingerprint density at radius 3 is 2.63 bits per heavy atom. The Hall–Kier alpha value is -1.36. The second kappa shape index (κ2) is 6.19. The number of halogens is 1. The van der Waals surface area contributed by atoms with Crippen molar-refractivity contribution in [1.82, 2.24) is 0 Å². The quantitative estimate of drug-likeness (QED) is 0.887. The molecule has 0 unspecified atom stereocenters. The van der Waals surface area contributed by atoms with E-state index in [1.165, 1.54) is 18.9 Å². The Kier molecular flexibility index (Phi) is 4.58. The molecule has 0 radical (unpaired) electrons. The van der Waals surface area contributed by atoms with E-state index in [-0.39, 0.29) is 11.5 Å². The molecule has 0 aliphatic heterocycles. The van der Waals surface area contributed by atoms with Gasteiger partial charge in [-0.25, -0.2) is 4.79 Å². The third kappa shape index (κ3) is 3.80. The van der Waals surface area contributed by atoms with Crippen LogP contribution in [-0.2, 0) is 4.79 Å². The molecule has 0 spiro atoms. The predicted molar refractivity (Wildman–Crippen MR) is 76.3 cm³/mol. The first kappa shape index (κ1) is 14.1. The number of carboxylic acid groups (broad SMARTS) is 1. The highest BCUT2D eigenvalue weighted by Crippen LogP contribution is 2.28. The first-order chi connectivity index (χ1) is 9.06. The topological polar surface area (TPSA) is 66.4 Å². The molecule has 1 fully saturated rings. The summed E-state index contributed by atoms with van der Waals surface area (Å²) in [6, 6.07) is 4.82. The summed E-state index contributed by atoms with van der Waals surface area (Å²) in [5.41, 5.74) is 0.466. The summed E-state index contributed by atoms with van der Waals surface area (Å²) in [5.74, 6) is -0.696. The molecular weight excluding hydrogens is 310 g/mol. The van der Waals surface area contributed by atoms with Crippen LogP contribution in [0.25, 0.3) is 0 Å². The highest BCUT2D eigenvalue weighted by atomic mass is 79.9. The van der Waals surface area contributed by atoms with Crippen LogP contribution in [0.3, 0.4) is 0 Å². The van der Waals surface area contributed by atoms with Gasteiger partial charge in [-0.3, -0.25) is 4.79 Å². The first-order valence-corrected chi connectivity index (χ1v) is 7.18. The van der Waals surface area contributed by atoms with Crippen molar-refractivity contribution in [2.24, 2.45) is 5.92 Å². The highest BCUT2D eigenvalue weighted by Gasteiger charge is 2.19. The average molecular weight is 326 g/mol. The Bertz CT molecular complexity index is 495. The minimum absolute atomic E-state index is 0.100. The number of nitrogens with one attached hydrogen (secondary N) is 1. The van der Waals surface area contributed by atoms with Gasteiger partial charge in [0.05, 0.1) is 11.3 Å². The van der Waals surface area contributed by atoms with E-state index in [0.717, 1.165) is 12.8 Å². The number of carboxylic acids is 1. The number of hydrogen-bond acceptors (Lipinski definition) is 2. The largest absolute Gasteiger partial charge is 0.478 e. The van der Waals surface area contributed by atoms with Gasteiger partial charge in [-0.2, -0.15) is 0 Å². The molecule has 1 aliphatic rings. The average Bonchev–Trinajstić information content (AvgIpc) is 2.83. The van der Waals surface area contributed by atoms with Gasteiger partial charge >= 0.3 is 5.97 Å². The maximum absolute atomic E-state index is 11.9. The van der Waals surface area contributed by atoms with E-state index >= 15 is 0 Å². The van der Waals surface area contributed by atoms with Gasteiger partial charge in [0.2, 0.25) is 5.91 Å². The Balaban J connectivity index is 2.05. The van der Waals surface area contributed by atoms with Crippen LogP contribution in [0.15, 0.2) is 22.7 Å². The molecule has 4 nitrogen and oxygen atoms in total. The van der Waals surface area contributed by atoms with Crippen molar-refractivity contribution in [2.75, 3.05) is 5.32 Å². The van der Waals surface area contributed by atoms with Crippen LogP contribution in [0.2, 0.25) is 0 Å². The van der Waals surface area contributed by atoms with E-state index < -0.39 is 5.97 Å². The van der Waals surface area contributed by atoms with E-state index in [1.54, 1.807) is 12.1 Å². The van der Waals surface area contributed by atoms with Gasteiger partial charge in [-0.1, -0.05) is 28.8 Å². The molecule has 0 aromatic heterocycles. The van der Waals surface area contributed by atoms with Crippen LogP contribution in [0.4, 0.5) is 5.69 Å². The van der Waals surface area contributed by atoms with Gasteiger partial charge < -0.3 is 10.4 Å². The van der Waals surface area contributed by atoms with Crippen LogP contribution < -0.4 is 5.32 Å². The van der Waals surface area contributed by atoms with Crippen molar-refractivity contribution < 1.29 is 14.7 Å². The molecule has 0 bridgehead atoms. The molecule has 1 aromatic carbocycles. The zero-order valence-corrected chi connectivity index (χ0v) is 12.1. The third-order valence-electron chi connectivity index (χ3n) is 3.43. The molecule has 19 heavy (non-hydrogen) atoms. The fraction of sp³-hybridized carbons (Fsp3) is 0.429. The molecule has 1 amide bonds. The molecule has 102 valence electrons. The number of benzene rings is 1. The van der Waals surface area contributed by atoms with Gasteiger partial charge in [0.1, 0.15) is 0 Å². The van der Waals surface area contributed by atoms with Crippen LogP contribution >= 0.6 is 15.9 Å². The fourth-order valence-corrected chi connectivity index (χ4v) is 2.84. The number of amides is 1. The monoisotopic (exact) mass is 325 g/mol. The Morgan fingerprint density at radius 1 is 1.32 bits per heavy atom. The summed E-state index contributed by atoms with van der Waals surface area (Å²) >= 11 is 3.23. The van der Waals surface area contributed by atoms with E-state index in [0.29, 0.717) is 22.5 Å². The molecule has 2 rings (SSSR count). The summed E-state index contributed by atoms with van der Waals surface area (Å²) in [6.45, 7) is 0. The van der Waals surface area contributed by atoms with Crippen LogP contribution in [0.1, 0.15) is 42.5 Å². The molecule has 1 aromatic rings. The first-order valence-electron chi connectivity index (χ1n) is 6.39. The lowest BCUT2D eigenvalue weighted by molar-refractivity contribution is -0.117. The Morgan fingerprint density at radius 2 is 2.00 bits per heavy atom. The predicted octanol–water partition coefficient (Wildman–Crippen LogP) is 3.67. The summed E-state index contributed by atoms with van der Waals surface area (Å²) in [5, 5.41) is 11.8. The van der Waals surface area contributed by atoms with Crippen molar-refractivity contribution in [1.29, 1.82) is 0 Å². The smallest absolute Gasteiger partial charge is 0.337 e. The molecule has 0 atom stereocenters. The standard InChI is InChI=1S/C14H16BrNO3/c15-10-5-6-12(11(8-10)14(18)19)16-13(17)7-9-3-1-2-4-9/h5-6,8-9H,1-4,7H2,(H,16,17)(H,18,19). The van der Waals surface area contributed by atoms with Crippen LogP contribution in [-0.4, -0.2) is 17.0 Å². The van der Waals surface area contributed by atoms with Gasteiger partial charge in [-0.05, 0) is 37.0 Å². The van der Waals surface area contributed by atoms with Gasteiger partial charge in [-0.15, -0.1) is 0 Å². The minimum Gasteiger partial charge on any atom is -0.478 e. The zero-order valence-electron chi connectivity index (χ0n) is 10.5. The summed E-state index contributed by atoms with van der Waals surface area (Å²) in [4.78, 5) is 23.0. The number of carbonyl (C=O) groups is 2. The molecule has 5 heteroatoms. The van der Waals surface area contributed by atoms with Crippen molar-refractivity contribution in [3.63, 3.8) is 0 Å². The third-order valence-corrected chi connectivity index (χ3v) is 3.93. The summed E-state index contributed by atoms with van der Waals surface area (Å²) < 4.78 is 0.679. The Labute approximate surface area is 120 Å². The lowest BCUT2D eigenvalue weighted by Gasteiger charge is -2.11. The zero-order chi connectivity index (χ0) is 13.8. The second-order valence-corrected chi connectivity index (χ2v) is 5.81. The number of aromatic carboxylic acids is 1. The fourth-order valence-electron chi connectivity index (χ4n) is 2.48. The lowest BCUT2D eigenvalue weighted by Crippen LogP contribution is -2.17. The molecular formula is C14H16BrNO3. The minimum atomic E-state index is -1.04. The van der Waals surface area contributed by atoms with E-state index in [4.69, 9.17) is 5.11 Å². The normalized spacial score (nSPS) is 15.4. The molecule has 0 saturated heterocycles. The van der Waals surface area contributed by atoms with Crippen molar-refractivity contribution in [2.45, 2.75) is 32.1 Å². The van der Waals surface area contributed by atoms with E-state index in [9.17, 15) is 9.59 Å². The molecule has 0 heterocycles. The number of hydrogen-bond donors (Lipinski definition) is 2. The van der Waals surface area contributed by atoms with Crippen molar-refractivity contribution in [3.8, 4) is 0 Å². The van der Waals surface area contributed by atoms with Crippen molar-refractivity contribution >= 4 is 33.5 Å². The maximum Gasteiger partial charge on any atom is 0.337 e. The lowest BCUT2D eigenvalue weighted by atomic mass is 10.0. The van der Waals surface area contributed by atoms with Gasteiger partial charge in [0.25, 0.3) is 0 Å².